The minimum absolute atomic E-state index is 0.0850. The second-order valence-electron chi connectivity index (χ2n) is 7.68. The van der Waals surface area contributed by atoms with Gasteiger partial charge in [-0.2, -0.15) is 0 Å². The van der Waals surface area contributed by atoms with Crippen LogP contribution in [0.15, 0.2) is 26.9 Å². The normalized spacial score (nSPS) is 18.0. The Balaban J connectivity index is 1.87. The number of hydrogen-bond acceptors (Lipinski definition) is 6. The van der Waals surface area contributed by atoms with Crippen molar-refractivity contribution in [1.29, 1.82) is 0 Å². The molecule has 0 aliphatic carbocycles. The molecule has 1 saturated heterocycles. The van der Waals surface area contributed by atoms with E-state index in [1.807, 2.05) is 19.2 Å². The van der Waals surface area contributed by atoms with Crippen molar-refractivity contribution in [3.8, 4) is 16.3 Å². The predicted octanol–water partition coefficient (Wildman–Crippen LogP) is 4.87. The minimum atomic E-state index is -0.0850. The van der Waals surface area contributed by atoms with E-state index in [4.69, 9.17) is 4.42 Å². The van der Waals surface area contributed by atoms with E-state index in [2.05, 4.69) is 16.8 Å². The molecule has 1 aliphatic heterocycles. The molecule has 148 valence electrons. The van der Waals surface area contributed by atoms with E-state index in [0.29, 0.717) is 40.5 Å². The molecule has 4 rings (SSSR count). The van der Waals surface area contributed by atoms with Crippen molar-refractivity contribution < 1.29 is 9.52 Å². The molecule has 3 aromatic rings. The molecule has 28 heavy (non-hydrogen) atoms. The monoisotopic (exact) mass is 398 g/mol. The fourth-order valence-electron chi connectivity index (χ4n) is 4.03. The Morgan fingerprint density at radius 3 is 2.89 bits per heavy atom. The summed E-state index contributed by atoms with van der Waals surface area (Å²) < 4.78 is 5.96. The molecule has 0 saturated carbocycles. The minimum Gasteiger partial charge on any atom is -0.507 e. The maximum atomic E-state index is 13.2. The molecule has 1 N–H and O–H groups in total. The number of piperidine rings is 1. The number of rotatable bonds is 4. The third-order valence-corrected chi connectivity index (χ3v) is 6.74. The van der Waals surface area contributed by atoms with Crippen LogP contribution in [0.3, 0.4) is 0 Å². The van der Waals surface area contributed by atoms with Gasteiger partial charge in [0, 0.05) is 23.7 Å². The van der Waals surface area contributed by atoms with Crippen molar-refractivity contribution in [2.45, 2.75) is 59.0 Å². The Hall–Kier alpha value is -2.18. The van der Waals surface area contributed by atoms with Crippen LogP contribution in [0.1, 0.15) is 49.9 Å². The summed E-state index contributed by atoms with van der Waals surface area (Å²) in [6.45, 7) is 7.72. The van der Waals surface area contributed by atoms with Crippen LogP contribution in [-0.4, -0.2) is 27.6 Å². The fraction of sp³-hybridized carbons (Fsp3) is 0.455. The molecule has 0 amide bonds. The van der Waals surface area contributed by atoms with Gasteiger partial charge in [-0.05, 0) is 51.3 Å². The Morgan fingerprint density at radius 2 is 2.21 bits per heavy atom. The highest BCUT2D eigenvalue weighted by Gasteiger charge is 2.24. The van der Waals surface area contributed by atoms with Gasteiger partial charge in [-0.15, -0.1) is 11.3 Å². The summed E-state index contributed by atoms with van der Waals surface area (Å²) in [5, 5.41) is 14.0. The number of benzene rings is 1. The molecular weight excluding hydrogens is 372 g/mol. The summed E-state index contributed by atoms with van der Waals surface area (Å²) in [5.74, 6) is 0.258. The lowest BCUT2D eigenvalue weighted by Crippen LogP contribution is -2.36. The zero-order valence-corrected chi connectivity index (χ0v) is 17.4. The third-order valence-electron chi connectivity index (χ3n) is 5.74. The van der Waals surface area contributed by atoms with E-state index in [0.717, 1.165) is 36.2 Å². The first kappa shape index (κ1) is 19.2. The van der Waals surface area contributed by atoms with Crippen LogP contribution in [-0.2, 0) is 13.0 Å². The zero-order valence-electron chi connectivity index (χ0n) is 16.6. The molecule has 1 aromatic carbocycles. The molecule has 2 aromatic heterocycles. The van der Waals surface area contributed by atoms with Gasteiger partial charge in [-0.1, -0.05) is 13.3 Å². The maximum absolute atomic E-state index is 13.2. The summed E-state index contributed by atoms with van der Waals surface area (Å²) in [6.07, 6.45) is 5.71. The summed E-state index contributed by atoms with van der Waals surface area (Å²) in [6, 6.07) is 2.24. The largest absolute Gasteiger partial charge is 0.507 e. The van der Waals surface area contributed by atoms with Gasteiger partial charge in [-0.25, -0.2) is 4.98 Å². The molecule has 0 spiro atoms. The van der Waals surface area contributed by atoms with E-state index < -0.39 is 0 Å². The van der Waals surface area contributed by atoms with Crippen molar-refractivity contribution >= 4 is 22.3 Å². The molecule has 5 nitrogen and oxygen atoms in total. The van der Waals surface area contributed by atoms with Crippen molar-refractivity contribution in [2.75, 3.05) is 6.54 Å². The van der Waals surface area contributed by atoms with E-state index >= 15 is 0 Å². The lowest BCUT2D eigenvalue weighted by Gasteiger charge is -2.33. The Bertz CT molecular complexity index is 1070. The molecule has 0 unspecified atom stereocenters. The number of fused-ring (bicyclic) bond motifs is 1. The lowest BCUT2D eigenvalue weighted by molar-refractivity contribution is 0.151. The standard InChI is InChI=1S/C22H26N2O3S/c1-4-15-9-16-20(26)18(22-23-13(2)12-28-22)11-27-21(16)17(19(15)25)10-24-8-6-5-7-14(24)3/h9,11-12,14,25H,4-8,10H2,1-3H3/t14-/m1/s1. The van der Waals surface area contributed by atoms with Crippen LogP contribution >= 0.6 is 11.3 Å². The van der Waals surface area contributed by atoms with E-state index in [-0.39, 0.29) is 11.2 Å². The highest BCUT2D eigenvalue weighted by Crippen LogP contribution is 2.34. The molecule has 1 atom stereocenters. The van der Waals surface area contributed by atoms with Gasteiger partial charge < -0.3 is 9.52 Å². The second-order valence-corrected chi connectivity index (χ2v) is 8.54. The van der Waals surface area contributed by atoms with Gasteiger partial charge in [0.1, 0.15) is 22.6 Å². The highest BCUT2D eigenvalue weighted by molar-refractivity contribution is 7.13. The molecule has 0 bridgehead atoms. The SMILES string of the molecule is CCc1cc2c(=O)c(-c3nc(C)cs3)coc2c(CN2CCCC[C@H]2C)c1O. The zero-order chi connectivity index (χ0) is 19.8. The van der Waals surface area contributed by atoms with Gasteiger partial charge in [-0.3, -0.25) is 9.69 Å². The average molecular weight is 399 g/mol. The van der Waals surface area contributed by atoms with E-state index in [1.165, 1.54) is 24.0 Å². The van der Waals surface area contributed by atoms with Crippen LogP contribution in [0, 0.1) is 6.92 Å². The number of aromatic nitrogens is 1. The van der Waals surface area contributed by atoms with Crippen LogP contribution in [0.4, 0.5) is 0 Å². The Labute approximate surface area is 168 Å². The van der Waals surface area contributed by atoms with Crippen LogP contribution in [0.2, 0.25) is 0 Å². The number of thiazole rings is 1. The highest BCUT2D eigenvalue weighted by atomic mass is 32.1. The van der Waals surface area contributed by atoms with Gasteiger partial charge in [0.15, 0.2) is 0 Å². The van der Waals surface area contributed by atoms with Crippen molar-refractivity contribution in [2.24, 2.45) is 0 Å². The van der Waals surface area contributed by atoms with Gasteiger partial charge in [0.05, 0.1) is 16.5 Å². The first-order chi connectivity index (χ1) is 13.5. The van der Waals surface area contributed by atoms with Crippen LogP contribution in [0.5, 0.6) is 5.75 Å². The van der Waals surface area contributed by atoms with Gasteiger partial charge >= 0.3 is 0 Å². The molecular formula is C22H26N2O3S. The smallest absolute Gasteiger partial charge is 0.202 e. The third kappa shape index (κ3) is 3.35. The average Bonchev–Trinajstić information content (AvgIpc) is 3.11. The van der Waals surface area contributed by atoms with E-state index in [9.17, 15) is 9.90 Å². The number of aromatic hydroxyl groups is 1. The summed E-state index contributed by atoms with van der Waals surface area (Å²) in [4.78, 5) is 20.0. The predicted molar refractivity (Wildman–Crippen MR) is 113 cm³/mol. The Kier molecular flexibility index (Phi) is 5.25. The topological polar surface area (TPSA) is 66.6 Å². The molecule has 6 heteroatoms. The number of phenols is 1. The van der Waals surface area contributed by atoms with Crippen LogP contribution in [0.25, 0.3) is 21.5 Å². The van der Waals surface area contributed by atoms with Crippen molar-refractivity contribution in [3.63, 3.8) is 0 Å². The van der Waals surface area contributed by atoms with Gasteiger partial charge in [0.2, 0.25) is 5.43 Å². The van der Waals surface area contributed by atoms with Crippen LogP contribution < -0.4 is 5.43 Å². The van der Waals surface area contributed by atoms with Crippen molar-refractivity contribution in [3.05, 3.63) is 44.8 Å². The van der Waals surface area contributed by atoms with E-state index in [1.54, 1.807) is 6.07 Å². The summed E-state index contributed by atoms with van der Waals surface area (Å²) >= 11 is 1.44. The first-order valence-electron chi connectivity index (χ1n) is 9.95. The second kappa shape index (κ2) is 7.68. The quantitative estimate of drug-likeness (QED) is 0.679. The lowest BCUT2D eigenvalue weighted by atomic mass is 9.98. The maximum Gasteiger partial charge on any atom is 0.202 e. The van der Waals surface area contributed by atoms with Crippen molar-refractivity contribution in [1.82, 2.24) is 9.88 Å². The fourth-order valence-corrected chi connectivity index (χ4v) is 4.83. The Morgan fingerprint density at radius 1 is 1.39 bits per heavy atom. The molecule has 1 fully saturated rings. The number of aryl methyl sites for hydroxylation is 2. The van der Waals surface area contributed by atoms with Gasteiger partial charge in [0.25, 0.3) is 0 Å². The first-order valence-corrected chi connectivity index (χ1v) is 10.8. The number of hydrogen-bond donors (Lipinski definition) is 1. The summed E-state index contributed by atoms with van der Waals surface area (Å²) in [5.41, 5.74) is 3.29. The molecule has 0 radical (unpaired) electrons. The summed E-state index contributed by atoms with van der Waals surface area (Å²) in [7, 11) is 0. The number of phenolic OH excluding ortho intramolecular Hbond substituents is 1. The number of nitrogens with zero attached hydrogens (tertiary/aromatic N) is 2. The molecule has 1 aliphatic rings. The molecule has 3 heterocycles. The number of likely N-dealkylation sites (tertiary alicyclic amines) is 1.